The van der Waals surface area contributed by atoms with Crippen molar-refractivity contribution in [3.63, 3.8) is 0 Å². The SMILES string of the molecule is CSc1ccc(C(=O)NC2CCCc3cc(N)ccc32)cc1.Cl. The van der Waals surface area contributed by atoms with Crippen LogP contribution in [0.1, 0.15) is 40.4 Å². The molecule has 1 aliphatic carbocycles. The second kappa shape index (κ2) is 7.75. The Hall–Kier alpha value is -1.65. The van der Waals surface area contributed by atoms with Crippen LogP contribution in [0.5, 0.6) is 0 Å². The van der Waals surface area contributed by atoms with Gasteiger partial charge in [0.2, 0.25) is 0 Å². The monoisotopic (exact) mass is 348 g/mol. The predicted octanol–water partition coefficient (Wildman–Crippen LogP) is 4.22. The summed E-state index contributed by atoms with van der Waals surface area (Å²) in [5.74, 6) is -0.0117. The van der Waals surface area contributed by atoms with Gasteiger partial charge in [-0.3, -0.25) is 4.79 Å². The highest BCUT2D eigenvalue weighted by Crippen LogP contribution is 2.31. The number of thioether (sulfide) groups is 1. The van der Waals surface area contributed by atoms with Gasteiger partial charge >= 0.3 is 0 Å². The average Bonchev–Trinajstić information content (AvgIpc) is 2.55. The topological polar surface area (TPSA) is 55.1 Å². The van der Waals surface area contributed by atoms with Gasteiger partial charge in [-0.05, 0) is 73.0 Å². The molecule has 5 heteroatoms. The third kappa shape index (κ3) is 4.01. The number of rotatable bonds is 3. The molecule has 1 unspecified atom stereocenters. The van der Waals surface area contributed by atoms with Gasteiger partial charge in [0.1, 0.15) is 0 Å². The van der Waals surface area contributed by atoms with E-state index in [-0.39, 0.29) is 24.4 Å². The van der Waals surface area contributed by atoms with Gasteiger partial charge in [-0.15, -0.1) is 24.2 Å². The van der Waals surface area contributed by atoms with Crippen LogP contribution in [0.25, 0.3) is 0 Å². The zero-order chi connectivity index (χ0) is 15.5. The van der Waals surface area contributed by atoms with Crippen LogP contribution < -0.4 is 11.1 Å². The average molecular weight is 349 g/mol. The smallest absolute Gasteiger partial charge is 0.251 e. The predicted molar refractivity (Wildman–Crippen MR) is 99.5 cm³/mol. The number of halogens is 1. The van der Waals surface area contributed by atoms with Crippen LogP contribution in [-0.2, 0) is 6.42 Å². The Labute approximate surface area is 147 Å². The van der Waals surface area contributed by atoms with E-state index < -0.39 is 0 Å². The Morgan fingerprint density at radius 2 is 1.96 bits per heavy atom. The number of benzene rings is 2. The van der Waals surface area contributed by atoms with E-state index in [0.717, 1.165) is 29.8 Å². The molecule has 0 radical (unpaired) electrons. The highest BCUT2D eigenvalue weighted by atomic mass is 35.5. The van der Waals surface area contributed by atoms with Crippen molar-refractivity contribution in [2.75, 3.05) is 12.0 Å². The van der Waals surface area contributed by atoms with E-state index in [4.69, 9.17) is 5.73 Å². The number of amides is 1. The van der Waals surface area contributed by atoms with Crippen molar-refractivity contribution >= 4 is 35.8 Å². The second-order valence-electron chi connectivity index (χ2n) is 5.61. The first-order valence-electron chi connectivity index (χ1n) is 7.50. The van der Waals surface area contributed by atoms with Gasteiger partial charge < -0.3 is 11.1 Å². The number of aryl methyl sites for hydroxylation is 1. The highest BCUT2D eigenvalue weighted by molar-refractivity contribution is 7.98. The van der Waals surface area contributed by atoms with Crippen molar-refractivity contribution in [3.8, 4) is 0 Å². The molecule has 2 aromatic rings. The molecule has 2 aromatic carbocycles. The normalized spacial score (nSPS) is 16.1. The molecule has 0 spiro atoms. The lowest BCUT2D eigenvalue weighted by Gasteiger charge is -2.26. The fourth-order valence-electron chi connectivity index (χ4n) is 2.97. The summed E-state index contributed by atoms with van der Waals surface area (Å²) in [5, 5.41) is 3.16. The van der Waals surface area contributed by atoms with Crippen LogP contribution in [0, 0.1) is 0 Å². The maximum Gasteiger partial charge on any atom is 0.251 e. The third-order valence-corrected chi connectivity index (χ3v) is 4.88. The summed E-state index contributed by atoms with van der Waals surface area (Å²) in [7, 11) is 0. The summed E-state index contributed by atoms with van der Waals surface area (Å²) in [5.41, 5.74) is 9.82. The molecule has 3 rings (SSSR count). The van der Waals surface area contributed by atoms with Crippen molar-refractivity contribution in [3.05, 3.63) is 59.2 Å². The Morgan fingerprint density at radius 1 is 1.22 bits per heavy atom. The fraction of sp³-hybridized carbons (Fsp3) is 0.278. The molecule has 3 N–H and O–H groups in total. The third-order valence-electron chi connectivity index (χ3n) is 4.14. The minimum Gasteiger partial charge on any atom is -0.399 e. The first-order chi connectivity index (χ1) is 10.7. The summed E-state index contributed by atoms with van der Waals surface area (Å²) in [6.45, 7) is 0. The number of hydrogen-bond acceptors (Lipinski definition) is 3. The Bertz CT molecular complexity index is 688. The van der Waals surface area contributed by atoms with Gasteiger partial charge in [-0.25, -0.2) is 0 Å². The van der Waals surface area contributed by atoms with E-state index >= 15 is 0 Å². The molecule has 1 aliphatic rings. The molecule has 0 saturated carbocycles. The number of carbonyl (C=O) groups excluding carboxylic acids is 1. The second-order valence-corrected chi connectivity index (χ2v) is 6.48. The van der Waals surface area contributed by atoms with E-state index in [0.29, 0.717) is 5.56 Å². The molecule has 0 saturated heterocycles. The van der Waals surface area contributed by atoms with Gasteiger partial charge in [0.25, 0.3) is 5.91 Å². The van der Waals surface area contributed by atoms with E-state index in [2.05, 4.69) is 5.32 Å². The number of nitrogens with one attached hydrogen (secondary N) is 1. The zero-order valence-corrected chi connectivity index (χ0v) is 14.7. The van der Waals surface area contributed by atoms with E-state index in [1.165, 1.54) is 11.1 Å². The molecule has 122 valence electrons. The van der Waals surface area contributed by atoms with Gasteiger partial charge in [-0.2, -0.15) is 0 Å². The van der Waals surface area contributed by atoms with E-state index in [9.17, 15) is 4.79 Å². The van der Waals surface area contributed by atoms with Crippen LogP contribution in [0.2, 0.25) is 0 Å². The van der Waals surface area contributed by atoms with Gasteiger partial charge in [0, 0.05) is 16.1 Å². The van der Waals surface area contributed by atoms with Crippen molar-refractivity contribution in [2.24, 2.45) is 0 Å². The summed E-state index contributed by atoms with van der Waals surface area (Å²) < 4.78 is 0. The maximum absolute atomic E-state index is 12.4. The molecule has 23 heavy (non-hydrogen) atoms. The van der Waals surface area contributed by atoms with Crippen LogP contribution in [0.3, 0.4) is 0 Å². The lowest BCUT2D eigenvalue weighted by Crippen LogP contribution is -2.31. The van der Waals surface area contributed by atoms with Gasteiger partial charge in [0.15, 0.2) is 0 Å². The Morgan fingerprint density at radius 3 is 2.65 bits per heavy atom. The first-order valence-corrected chi connectivity index (χ1v) is 8.73. The number of nitrogens with two attached hydrogens (primary N) is 1. The standard InChI is InChI=1S/C18H20N2OS.ClH/c1-22-15-8-5-12(6-9-15)18(21)20-17-4-2-3-13-11-14(19)7-10-16(13)17;/h5-11,17H,2-4,19H2,1H3,(H,20,21);1H. The molecule has 0 aromatic heterocycles. The molecular formula is C18H21ClN2OS. The van der Waals surface area contributed by atoms with Crippen LogP contribution in [0.15, 0.2) is 47.4 Å². The van der Waals surface area contributed by atoms with Crippen LogP contribution in [-0.4, -0.2) is 12.2 Å². The molecular weight excluding hydrogens is 328 g/mol. The number of carbonyl (C=O) groups is 1. The minimum absolute atomic E-state index is 0. The first kappa shape index (κ1) is 17.7. The van der Waals surface area contributed by atoms with Crippen LogP contribution in [0.4, 0.5) is 5.69 Å². The molecule has 3 nitrogen and oxygen atoms in total. The van der Waals surface area contributed by atoms with Gasteiger partial charge in [-0.1, -0.05) is 6.07 Å². The van der Waals surface area contributed by atoms with Crippen molar-refractivity contribution in [1.29, 1.82) is 0 Å². The van der Waals surface area contributed by atoms with Crippen molar-refractivity contribution in [1.82, 2.24) is 5.32 Å². The maximum atomic E-state index is 12.4. The summed E-state index contributed by atoms with van der Waals surface area (Å²) >= 11 is 1.67. The van der Waals surface area contributed by atoms with Crippen molar-refractivity contribution < 1.29 is 4.79 Å². The minimum atomic E-state index is -0.0117. The summed E-state index contributed by atoms with van der Waals surface area (Å²) in [6, 6.07) is 13.8. The lowest BCUT2D eigenvalue weighted by molar-refractivity contribution is 0.0932. The molecule has 0 aliphatic heterocycles. The van der Waals surface area contributed by atoms with Crippen molar-refractivity contribution in [2.45, 2.75) is 30.2 Å². The number of hydrogen-bond donors (Lipinski definition) is 2. The number of anilines is 1. The van der Waals surface area contributed by atoms with Crippen LogP contribution >= 0.6 is 24.2 Å². The van der Waals surface area contributed by atoms with E-state index in [1.807, 2.05) is 48.7 Å². The summed E-state index contributed by atoms with van der Waals surface area (Å²) in [6.07, 6.45) is 5.12. The van der Waals surface area contributed by atoms with Gasteiger partial charge in [0.05, 0.1) is 6.04 Å². The Kier molecular flexibility index (Phi) is 5.97. The highest BCUT2D eigenvalue weighted by Gasteiger charge is 2.22. The lowest BCUT2D eigenvalue weighted by atomic mass is 9.87. The molecule has 1 amide bonds. The molecule has 1 atom stereocenters. The zero-order valence-electron chi connectivity index (χ0n) is 13.0. The fourth-order valence-corrected chi connectivity index (χ4v) is 3.38. The number of nitrogen functional groups attached to an aromatic ring is 1. The largest absolute Gasteiger partial charge is 0.399 e. The number of fused-ring (bicyclic) bond motifs is 1. The molecule has 0 bridgehead atoms. The quantitative estimate of drug-likeness (QED) is 0.645. The molecule has 0 heterocycles. The summed E-state index contributed by atoms with van der Waals surface area (Å²) in [4.78, 5) is 13.6. The molecule has 0 fully saturated rings. The van der Waals surface area contributed by atoms with E-state index in [1.54, 1.807) is 11.8 Å². The Balaban J connectivity index is 0.00000192.